The van der Waals surface area contributed by atoms with Gasteiger partial charge in [0.05, 0.1) is 29.4 Å². The molecule has 42 heavy (non-hydrogen) atoms. The highest BCUT2D eigenvalue weighted by Crippen LogP contribution is 2.28. The molecule has 5 aromatic rings. The molecule has 0 amide bonds. The lowest BCUT2D eigenvalue weighted by atomic mass is 10.1. The Balaban J connectivity index is 1.25. The van der Waals surface area contributed by atoms with E-state index in [-0.39, 0.29) is 41.9 Å². The highest BCUT2D eigenvalue weighted by molar-refractivity contribution is 5.92. The van der Waals surface area contributed by atoms with Crippen LogP contribution in [-0.4, -0.2) is 38.3 Å². The number of ether oxygens (including phenoxy) is 2. The van der Waals surface area contributed by atoms with Crippen molar-refractivity contribution in [2.75, 3.05) is 6.61 Å². The molecule has 1 atom stereocenters. The Bertz CT molecular complexity index is 1820. The first kappa shape index (κ1) is 27.5. The third kappa shape index (κ3) is 5.58. The Morgan fingerprint density at radius 1 is 1.00 bits per heavy atom. The van der Waals surface area contributed by atoms with Crippen molar-refractivity contribution in [3.8, 4) is 17.1 Å². The molecule has 1 aliphatic rings. The summed E-state index contributed by atoms with van der Waals surface area (Å²) in [6.07, 6.45) is 0.737. The van der Waals surface area contributed by atoms with Crippen molar-refractivity contribution in [3.63, 3.8) is 0 Å². The molecule has 7 nitrogen and oxygen atoms in total. The quantitative estimate of drug-likeness (QED) is 0.217. The highest BCUT2D eigenvalue weighted by atomic mass is 19.1. The van der Waals surface area contributed by atoms with Crippen molar-refractivity contribution in [1.29, 1.82) is 0 Å². The number of aromatic carboxylic acids is 1. The summed E-state index contributed by atoms with van der Waals surface area (Å²) in [6.45, 7) is 2.76. The molecule has 214 valence electrons. The third-order valence-corrected chi connectivity index (χ3v) is 7.32. The third-order valence-electron chi connectivity index (χ3n) is 7.32. The van der Waals surface area contributed by atoms with E-state index >= 15 is 4.39 Å². The predicted molar refractivity (Wildman–Crippen MR) is 149 cm³/mol. The molecule has 1 aliphatic heterocycles. The van der Waals surface area contributed by atoms with Crippen molar-refractivity contribution in [1.82, 2.24) is 14.5 Å². The molecular formula is C32H26F3N3O4. The van der Waals surface area contributed by atoms with Gasteiger partial charge in [-0.15, -0.1) is 0 Å². The summed E-state index contributed by atoms with van der Waals surface area (Å²) in [5.74, 6) is -2.21. The van der Waals surface area contributed by atoms with Gasteiger partial charge in [-0.25, -0.2) is 27.9 Å². The second-order valence-corrected chi connectivity index (χ2v) is 10.3. The van der Waals surface area contributed by atoms with Crippen LogP contribution in [0, 0.1) is 24.4 Å². The van der Waals surface area contributed by atoms with Crippen LogP contribution in [0.1, 0.15) is 39.3 Å². The fraction of sp³-hybridized carbons (Fsp3) is 0.219. The van der Waals surface area contributed by atoms with Crippen LogP contribution in [-0.2, 0) is 24.3 Å². The first-order chi connectivity index (χ1) is 20.2. The average molecular weight is 574 g/mol. The molecule has 3 aromatic carbocycles. The number of carboxylic acid groups (broad SMARTS) is 1. The second kappa shape index (κ2) is 11.3. The van der Waals surface area contributed by atoms with Crippen LogP contribution in [0.3, 0.4) is 0 Å². The van der Waals surface area contributed by atoms with E-state index < -0.39 is 17.6 Å². The van der Waals surface area contributed by atoms with E-state index in [1.165, 1.54) is 18.2 Å². The van der Waals surface area contributed by atoms with E-state index in [1.54, 1.807) is 54.0 Å². The SMILES string of the molecule is Cc1ccc(COc2cccc(-c3ccc(Cc4nc5c(F)cc(C(=O)O)cc5n4CC4CCO4)c(F)c3)n2)c(F)c1. The predicted octanol–water partition coefficient (Wildman–Crippen LogP) is 6.48. The van der Waals surface area contributed by atoms with Crippen molar-refractivity contribution in [2.24, 2.45) is 0 Å². The summed E-state index contributed by atoms with van der Waals surface area (Å²) in [7, 11) is 0. The molecular weight excluding hydrogens is 547 g/mol. The number of fused-ring (bicyclic) bond motifs is 1. The first-order valence-corrected chi connectivity index (χ1v) is 13.4. The van der Waals surface area contributed by atoms with Gasteiger partial charge < -0.3 is 19.1 Å². The fourth-order valence-corrected chi connectivity index (χ4v) is 4.92. The molecule has 10 heteroatoms. The maximum absolute atomic E-state index is 15.4. The maximum Gasteiger partial charge on any atom is 0.335 e. The van der Waals surface area contributed by atoms with Crippen molar-refractivity contribution >= 4 is 17.0 Å². The van der Waals surface area contributed by atoms with E-state index in [4.69, 9.17) is 9.47 Å². The maximum atomic E-state index is 15.4. The van der Waals surface area contributed by atoms with Crippen LogP contribution in [0.4, 0.5) is 13.2 Å². The van der Waals surface area contributed by atoms with Gasteiger partial charge in [-0.1, -0.05) is 30.3 Å². The molecule has 1 saturated heterocycles. The standard InChI is InChI=1S/C32H26F3N3O4/c1-18-5-6-21(24(33)11-18)17-42-30-4-2-3-27(36-30)20-8-7-19(25(34)12-20)15-29-37-31-26(35)13-22(32(39)40)14-28(31)38(29)16-23-9-10-41-23/h2-8,11-14,23H,9-10,15-17H2,1H3,(H,39,40). The topological polar surface area (TPSA) is 86.5 Å². The summed E-state index contributed by atoms with van der Waals surface area (Å²) in [5, 5.41) is 9.42. The van der Waals surface area contributed by atoms with Gasteiger partial charge in [0.1, 0.15) is 29.6 Å². The Labute approximate surface area is 239 Å². The van der Waals surface area contributed by atoms with E-state index in [0.29, 0.717) is 46.9 Å². The van der Waals surface area contributed by atoms with Crippen LogP contribution < -0.4 is 4.74 Å². The molecule has 0 saturated carbocycles. The van der Waals surface area contributed by atoms with Crippen molar-refractivity contribution in [2.45, 2.75) is 39.0 Å². The number of rotatable bonds is 9. The molecule has 6 rings (SSSR count). The summed E-state index contributed by atoms with van der Waals surface area (Å²) in [6, 6.07) is 17.0. The fourth-order valence-electron chi connectivity index (χ4n) is 4.92. The zero-order chi connectivity index (χ0) is 29.4. The minimum Gasteiger partial charge on any atom is -0.478 e. The average Bonchev–Trinajstić information content (AvgIpc) is 3.28. The molecule has 0 spiro atoms. The van der Waals surface area contributed by atoms with Crippen molar-refractivity contribution < 1.29 is 32.5 Å². The van der Waals surface area contributed by atoms with Gasteiger partial charge in [-0.05, 0) is 54.8 Å². The van der Waals surface area contributed by atoms with Gasteiger partial charge in [0, 0.05) is 30.2 Å². The van der Waals surface area contributed by atoms with E-state index in [0.717, 1.165) is 18.1 Å². The Hall–Kier alpha value is -4.70. The lowest BCUT2D eigenvalue weighted by Crippen LogP contribution is -2.31. The number of carboxylic acids is 1. The first-order valence-electron chi connectivity index (χ1n) is 13.4. The Morgan fingerprint density at radius 2 is 1.79 bits per heavy atom. The monoisotopic (exact) mass is 573 g/mol. The lowest BCUT2D eigenvalue weighted by molar-refractivity contribution is -0.0589. The van der Waals surface area contributed by atoms with Crippen LogP contribution in [0.5, 0.6) is 5.88 Å². The number of aromatic nitrogens is 3. The van der Waals surface area contributed by atoms with Crippen molar-refractivity contribution in [3.05, 3.63) is 112 Å². The van der Waals surface area contributed by atoms with Crippen LogP contribution in [0.2, 0.25) is 0 Å². The van der Waals surface area contributed by atoms with Crippen LogP contribution in [0.15, 0.2) is 66.7 Å². The van der Waals surface area contributed by atoms with Gasteiger partial charge in [-0.2, -0.15) is 0 Å². The smallest absolute Gasteiger partial charge is 0.335 e. The number of nitrogens with zero attached hydrogens (tertiary/aromatic N) is 3. The summed E-state index contributed by atoms with van der Waals surface area (Å²) in [4.78, 5) is 20.4. The number of hydrogen-bond donors (Lipinski definition) is 1. The minimum atomic E-state index is -1.25. The van der Waals surface area contributed by atoms with Gasteiger partial charge in [0.15, 0.2) is 5.82 Å². The zero-order valence-corrected chi connectivity index (χ0v) is 22.6. The number of halogens is 3. The van der Waals surface area contributed by atoms with Gasteiger partial charge >= 0.3 is 5.97 Å². The summed E-state index contributed by atoms with van der Waals surface area (Å²) < 4.78 is 57.4. The van der Waals surface area contributed by atoms with E-state index in [1.807, 2.05) is 0 Å². The Morgan fingerprint density at radius 3 is 2.50 bits per heavy atom. The molecule has 0 bridgehead atoms. The van der Waals surface area contributed by atoms with Crippen LogP contribution >= 0.6 is 0 Å². The number of imidazole rings is 1. The number of pyridine rings is 1. The van der Waals surface area contributed by atoms with Crippen LogP contribution in [0.25, 0.3) is 22.3 Å². The molecule has 0 aliphatic carbocycles. The van der Waals surface area contributed by atoms with E-state index in [9.17, 15) is 18.7 Å². The highest BCUT2D eigenvalue weighted by Gasteiger charge is 2.24. The Kier molecular flexibility index (Phi) is 7.38. The van der Waals surface area contributed by atoms with Gasteiger partial charge in [0.2, 0.25) is 5.88 Å². The minimum absolute atomic E-state index is 0.00266. The largest absolute Gasteiger partial charge is 0.478 e. The molecule has 2 aromatic heterocycles. The molecule has 3 heterocycles. The lowest BCUT2D eigenvalue weighted by Gasteiger charge is -2.27. The molecule has 0 radical (unpaired) electrons. The molecule has 1 fully saturated rings. The second-order valence-electron chi connectivity index (χ2n) is 10.3. The zero-order valence-electron chi connectivity index (χ0n) is 22.6. The molecule has 1 N–H and O–H groups in total. The van der Waals surface area contributed by atoms with E-state index in [2.05, 4.69) is 9.97 Å². The number of hydrogen-bond acceptors (Lipinski definition) is 5. The van der Waals surface area contributed by atoms with Gasteiger partial charge in [0.25, 0.3) is 0 Å². The number of carbonyl (C=O) groups is 1. The molecule has 1 unspecified atom stereocenters. The number of aryl methyl sites for hydroxylation is 1. The van der Waals surface area contributed by atoms with Gasteiger partial charge in [-0.3, -0.25) is 0 Å². The normalized spacial score (nSPS) is 14.6. The number of benzene rings is 3. The summed E-state index contributed by atoms with van der Waals surface area (Å²) in [5.41, 5.74) is 2.67. The summed E-state index contributed by atoms with van der Waals surface area (Å²) >= 11 is 0.